The number of hydrogen-bond acceptors (Lipinski definition) is 7. The number of fused-ring (bicyclic) bond motifs is 1. The van der Waals surface area contributed by atoms with Crippen molar-refractivity contribution in [2.75, 3.05) is 7.11 Å². The van der Waals surface area contributed by atoms with Crippen molar-refractivity contribution in [1.82, 2.24) is 14.8 Å². The highest BCUT2D eigenvalue weighted by molar-refractivity contribution is 7.98. The molecule has 0 N–H and O–H groups in total. The Morgan fingerprint density at radius 3 is 2.68 bits per heavy atom. The Hall–Kier alpha value is -3.78. The third-order valence-electron chi connectivity index (χ3n) is 4.78. The normalized spacial score (nSPS) is 11.1. The Kier molecular flexibility index (Phi) is 5.05. The number of para-hydroxylation sites is 1. The Bertz CT molecular complexity index is 1390. The van der Waals surface area contributed by atoms with E-state index >= 15 is 0 Å². The molecular formula is C23H17N3O4S. The summed E-state index contributed by atoms with van der Waals surface area (Å²) in [6, 6.07) is 20.5. The van der Waals surface area contributed by atoms with Gasteiger partial charge < -0.3 is 13.6 Å². The first-order valence-corrected chi connectivity index (χ1v) is 10.5. The number of hydrogen-bond donors (Lipinski definition) is 0. The highest BCUT2D eigenvalue weighted by Crippen LogP contribution is 2.32. The smallest absolute Gasteiger partial charge is 0.336 e. The number of benzene rings is 2. The Morgan fingerprint density at radius 2 is 1.90 bits per heavy atom. The van der Waals surface area contributed by atoms with Gasteiger partial charge in [-0.1, -0.05) is 30.0 Å². The zero-order chi connectivity index (χ0) is 21.2. The molecule has 0 aliphatic carbocycles. The fourth-order valence-corrected chi connectivity index (χ4v) is 4.28. The summed E-state index contributed by atoms with van der Waals surface area (Å²) < 4.78 is 18.1. The molecule has 0 aliphatic heterocycles. The molecule has 8 heteroatoms. The van der Waals surface area contributed by atoms with E-state index in [0.717, 1.165) is 16.6 Å². The van der Waals surface area contributed by atoms with Crippen molar-refractivity contribution in [2.24, 2.45) is 0 Å². The number of rotatable bonds is 6. The standard InChI is InChI=1S/C23H17N3O4S/c1-28-17-9-10-18-15(12-21(27)30-20(18)13-17)14-31-23-25-24-22(19-8-5-11-29-19)26(23)16-6-3-2-4-7-16/h2-13H,14H2,1H3. The molecule has 3 aromatic heterocycles. The molecule has 154 valence electrons. The van der Waals surface area contributed by atoms with E-state index in [1.807, 2.05) is 59.2 Å². The van der Waals surface area contributed by atoms with Gasteiger partial charge in [0.05, 0.1) is 13.4 Å². The monoisotopic (exact) mass is 431 g/mol. The van der Waals surface area contributed by atoms with E-state index in [2.05, 4.69) is 10.2 Å². The lowest BCUT2D eigenvalue weighted by molar-refractivity contribution is 0.414. The first-order chi connectivity index (χ1) is 15.2. The third-order valence-corrected chi connectivity index (χ3v) is 5.76. The summed E-state index contributed by atoms with van der Waals surface area (Å²) >= 11 is 1.48. The van der Waals surface area contributed by atoms with Crippen molar-refractivity contribution in [3.8, 4) is 23.0 Å². The molecule has 0 amide bonds. The van der Waals surface area contributed by atoms with Crippen molar-refractivity contribution < 1.29 is 13.6 Å². The van der Waals surface area contributed by atoms with Gasteiger partial charge in [0.1, 0.15) is 11.3 Å². The van der Waals surface area contributed by atoms with Gasteiger partial charge in [-0.3, -0.25) is 4.57 Å². The van der Waals surface area contributed by atoms with Crippen LogP contribution in [0.1, 0.15) is 5.56 Å². The summed E-state index contributed by atoms with van der Waals surface area (Å²) in [6.07, 6.45) is 1.61. The van der Waals surface area contributed by atoms with E-state index in [-0.39, 0.29) is 0 Å². The molecule has 7 nitrogen and oxygen atoms in total. The van der Waals surface area contributed by atoms with Crippen LogP contribution in [0.5, 0.6) is 5.75 Å². The summed E-state index contributed by atoms with van der Waals surface area (Å²) in [5.41, 5.74) is 1.85. The second kappa shape index (κ2) is 8.16. The second-order valence-corrected chi connectivity index (χ2v) is 7.64. The lowest BCUT2D eigenvalue weighted by atomic mass is 10.1. The lowest BCUT2D eigenvalue weighted by Crippen LogP contribution is -2.02. The molecule has 0 aliphatic rings. The highest BCUT2D eigenvalue weighted by Gasteiger charge is 2.18. The van der Waals surface area contributed by atoms with Crippen LogP contribution in [0.4, 0.5) is 0 Å². The minimum atomic E-state index is -0.405. The van der Waals surface area contributed by atoms with Gasteiger partial charge in [0.2, 0.25) is 5.82 Å². The Balaban J connectivity index is 1.54. The van der Waals surface area contributed by atoms with Crippen molar-refractivity contribution in [1.29, 1.82) is 0 Å². The summed E-state index contributed by atoms with van der Waals surface area (Å²) in [5, 5.41) is 10.3. The topological polar surface area (TPSA) is 83.3 Å². The average Bonchev–Trinajstić information content (AvgIpc) is 3.47. The van der Waals surface area contributed by atoms with Crippen LogP contribution in [0, 0.1) is 0 Å². The van der Waals surface area contributed by atoms with E-state index in [0.29, 0.717) is 33.8 Å². The molecule has 31 heavy (non-hydrogen) atoms. The van der Waals surface area contributed by atoms with Crippen LogP contribution in [-0.4, -0.2) is 21.9 Å². The van der Waals surface area contributed by atoms with Crippen LogP contribution in [-0.2, 0) is 5.75 Å². The average molecular weight is 431 g/mol. The zero-order valence-electron chi connectivity index (χ0n) is 16.5. The van der Waals surface area contributed by atoms with Crippen molar-refractivity contribution in [2.45, 2.75) is 10.9 Å². The Morgan fingerprint density at radius 1 is 1.03 bits per heavy atom. The van der Waals surface area contributed by atoms with Gasteiger partial charge in [-0.15, -0.1) is 10.2 Å². The maximum atomic E-state index is 12.1. The summed E-state index contributed by atoms with van der Waals surface area (Å²) in [7, 11) is 1.58. The largest absolute Gasteiger partial charge is 0.497 e. The van der Waals surface area contributed by atoms with Crippen LogP contribution in [0.2, 0.25) is 0 Å². The van der Waals surface area contributed by atoms with Gasteiger partial charge in [0, 0.05) is 29.0 Å². The molecule has 0 atom stereocenters. The van der Waals surface area contributed by atoms with Gasteiger partial charge in [-0.05, 0) is 42.0 Å². The highest BCUT2D eigenvalue weighted by atomic mass is 32.2. The van der Waals surface area contributed by atoms with Gasteiger partial charge in [0.25, 0.3) is 0 Å². The molecule has 2 aromatic carbocycles. The molecule has 0 spiro atoms. The summed E-state index contributed by atoms with van der Waals surface area (Å²) in [5.74, 6) is 2.38. The number of thioether (sulfide) groups is 1. The van der Waals surface area contributed by atoms with Crippen molar-refractivity contribution in [3.05, 3.63) is 89.0 Å². The fourth-order valence-electron chi connectivity index (χ4n) is 3.34. The van der Waals surface area contributed by atoms with E-state index in [9.17, 15) is 4.79 Å². The van der Waals surface area contributed by atoms with Crippen LogP contribution in [0.3, 0.4) is 0 Å². The summed E-state index contributed by atoms with van der Waals surface area (Å²) in [4.78, 5) is 12.1. The van der Waals surface area contributed by atoms with E-state index in [1.165, 1.54) is 17.8 Å². The zero-order valence-corrected chi connectivity index (χ0v) is 17.3. The molecule has 0 fully saturated rings. The van der Waals surface area contributed by atoms with Crippen LogP contribution in [0.15, 0.2) is 91.8 Å². The summed E-state index contributed by atoms with van der Waals surface area (Å²) in [6.45, 7) is 0. The third kappa shape index (κ3) is 3.73. The van der Waals surface area contributed by atoms with Gasteiger partial charge in [0.15, 0.2) is 10.9 Å². The first-order valence-electron chi connectivity index (χ1n) is 9.51. The molecule has 0 bridgehead atoms. The molecule has 5 aromatic rings. The number of aromatic nitrogens is 3. The van der Waals surface area contributed by atoms with Crippen molar-refractivity contribution >= 4 is 22.7 Å². The SMILES string of the molecule is COc1ccc2c(CSc3nnc(-c4ccco4)n3-c3ccccc3)cc(=O)oc2c1. The number of ether oxygens (including phenoxy) is 1. The molecule has 0 radical (unpaired) electrons. The molecule has 3 heterocycles. The molecule has 0 unspecified atom stereocenters. The predicted octanol–water partition coefficient (Wildman–Crippen LogP) is 4.93. The lowest BCUT2D eigenvalue weighted by Gasteiger charge is -2.10. The molecule has 0 saturated heterocycles. The minimum absolute atomic E-state index is 0.405. The quantitative estimate of drug-likeness (QED) is 0.278. The first kappa shape index (κ1) is 19.2. The van der Waals surface area contributed by atoms with Gasteiger partial charge in [-0.25, -0.2) is 4.79 Å². The van der Waals surface area contributed by atoms with E-state index in [1.54, 1.807) is 19.4 Å². The number of methoxy groups -OCH3 is 1. The van der Waals surface area contributed by atoms with Crippen LogP contribution in [0.25, 0.3) is 28.2 Å². The molecule has 5 rings (SSSR count). The second-order valence-electron chi connectivity index (χ2n) is 6.70. The number of furan rings is 1. The van der Waals surface area contributed by atoms with E-state index < -0.39 is 5.63 Å². The Labute approximate surface area is 181 Å². The predicted molar refractivity (Wildman–Crippen MR) is 118 cm³/mol. The maximum Gasteiger partial charge on any atom is 0.336 e. The van der Waals surface area contributed by atoms with Crippen LogP contribution >= 0.6 is 11.8 Å². The fraction of sp³-hybridized carbons (Fsp3) is 0.0870. The maximum absolute atomic E-state index is 12.1. The van der Waals surface area contributed by atoms with E-state index in [4.69, 9.17) is 13.6 Å². The molecular weight excluding hydrogens is 414 g/mol. The minimum Gasteiger partial charge on any atom is -0.497 e. The number of nitrogens with zero attached hydrogens (tertiary/aromatic N) is 3. The van der Waals surface area contributed by atoms with Gasteiger partial charge in [-0.2, -0.15) is 0 Å². The van der Waals surface area contributed by atoms with Gasteiger partial charge >= 0.3 is 5.63 Å². The molecule has 0 saturated carbocycles. The van der Waals surface area contributed by atoms with Crippen molar-refractivity contribution in [3.63, 3.8) is 0 Å². The van der Waals surface area contributed by atoms with Crippen LogP contribution < -0.4 is 10.4 Å².